The Bertz CT molecular complexity index is 989. The molecule has 0 saturated carbocycles. The Hall–Kier alpha value is -1.99. The third kappa shape index (κ3) is 5.29. The van der Waals surface area contributed by atoms with E-state index in [1.807, 2.05) is 59.9 Å². The quantitative estimate of drug-likeness (QED) is 0.428. The molecule has 0 fully saturated rings. The van der Waals surface area contributed by atoms with Crippen LogP contribution in [0.2, 0.25) is 10.0 Å². The molecule has 0 unspecified atom stereocenters. The summed E-state index contributed by atoms with van der Waals surface area (Å²) in [5.74, 6) is -0.00834. The van der Waals surface area contributed by atoms with Crippen LogP contribution in [0.3, 0.4) is 0 Å². The monoisotopic (exact) mass is 451 g/mol. The van der Waals surface area contributed by atoms with Crippen molar-refractivity contribution >= 4 is 58.3 Å². The molecule has 0 aliphatic carbocycles. The molecule has 8 heteroatoms. The van der Waals surface area contributed by atoms with E-state index >= 15 is 0 Å². The fourth-order valence-corrected chi connectivity index (χ4v) is 5.40. The van der Waals surface area contributed by atoms with Gasteiger partial charge in [0.25, 0.3) is 5.91 Å². The van der Waals surface area contributed by atoms with Crippen molar-refractivity contribution in [1.82, 2.24) is 5.32 Å². The molecule has 0 aliphatic rings. The zero-order valence-corrected chi connectivity index (χ0v) is 17.6. The lowest BCUT2D eigenvalue weighted by molar-refractivity contribution is 0.0951. The van der Waals surface area contributed by atoms with Crippen molar-refractivity contribution in [2.75, 3.05) is 0 Å². The van der Waals surface area contributed by atoms with Crippen LogP contribution in [-0.4, -0.2) is 17.1 Å². The average molecular weight is 452 g/mol. The van der Waals surface area contributed by atoms with Gasteiger partial charge in [-0.1, -0.05) is 65.7 Å². The second-order valence-corrected chi connectivity index (χ2v) is 8.93. The van der Waals surface area contributed by atoms with Gasteiger partial charge in [-0.25, -0.2) is 4.79 Å². The van der Waals surface area contributed by atoms with E-state index in [1.54, 1.807) is 0 Å². The van der Waals surface area contributed by atoms with Crippen LogP contribution in [0, 0.1) is 0 Å². The lowest BCUT2D eigenvalue weighted by Crippen LogP contribution is -2.28. The van der Waals surface area contributed by atoms with Gasteiger partial charge in [-0.05, 0) is 28.8 Å². The van der Waals surface area contributed by atoms with E-state index in [4.69, 9.17) is 28.3 Å². The summed E-state index contributed by atoms with van der Waals surface area (Å²) in [6.45, 7) is 0. The van der Waals surface area contributed by atoms with Crippen LogP contribution >= 0.6 is 46.3 Å². The normalized spacial score (nSPS) is 10.6. The molecule has 2 N–H and O–H groups in total. The Balaban J connectivity index is 1.88. The summed E-state index contributed by atoms with van der Waals surface area (Å²) < 4.78 is 0.776. The first-order valence-electron chi connectivity index (χ1n) is 8.20. The predicted octanol–water partition coefficient (Wildman–Crippen LogP) is 6.35. The van der Waals surface area contributed by atoms with Gasteiger partial charge in [0.05, 0.1) is 14.1 Å². The molecular weight excluding hydrogens is 437 g/mol. The third-order valence-electron chi connectivity index (χ3n) is 3.85. The van der Waals surface area contributed by atoms with Gasteiger partial charge in [0, 0.05) is 17.2 Å². The summed E-state index contributed by atoms with van der Waals surface area (Å²) >= 11 is 15.2. The largest absolute Gasteiger partial charge is 0.465 e. The van der Waals surface area contributed by atoms with Crippen LogP contribution in [-0.2, 0) is 12.2 Å². The summed E-state index contributed by atoms with van der Waals surface area (Å²) in [7, 11) is 0. The molecule has 1 aromatic heterocycles. The summed E-state index contributed by atoms with van der Waals surface area (Å²) in [5.41, 5.74) is 2.69. The molecule has 144 valence electrons. The number of carbonyl (C=O) groups excluding carboxylic acids is 1. The van der Waals surface area contributed by atoms with E-state index in [-0.39, 0.29) is 0 Å². The average Bonchev–Trinajstić information content (AvgIpc) is 2.98. The van der Waals surface area contributed by atoms with E-state index in [0.29, 0.717) is 32.7 Å². The Morgan fingerprint density at radius 1 is 1.00 bits per heavy atom. The topological polar surface area (TPSA) is 66.4 Å². The highest BCUT2D eigenvalue weighted by Crippen LogP contribution is 2.42. The van der Waals surface area contributed by atoms with Crippen LogP contribution in [0.15, 0.2) is 58.8 Å². The van der Waals surface area contributed by atoms with Crippen LogP contribution < -0.4 is 5.32 Å². The molecule has 2 amide bonds. The Morgan fingerprint density at radius 3 is 2.32 bits per heavy atom. The fraction of sp³-hybridized carbons (Fsp3) is 0.100. The van der Waals surface area contributed by atoms with Gasteiger partial charge in [0.1, 0.15) is 0 Å². The Morgan fingerprint density at radius 2 is 1.68 bits per heavy atom. The highest BCUT2D eigenvalue weighted by molar-refractivity contribution is 8.00. The number of carboxylic acid groups (broad SMARTS) is 1. The molecule has 3 rings (SSSR count). The summed E-state index contributed by atoms with van der Waals surface area (Å²) in [5, 5.41) is 12.0. The van der Waals surface area contributed by atoms with E-state index < -0.39 is 12.0 Å². The van der Waals surface area contributed by atoms with Gasteiger partial charge < -0.3 is 5.11 Å². The first-order chi connectivity index (χ1) is 13.4. The molecule has 0 spiro atoms. The van der Waals surface area contributed by atoms with Crippen LogP contribution in [0.1, 0.15) is 26.4 Å². The molecule has 0 aliphatic heterocycles. The number of nitrogens with one attached hydrogen (secondary N) is 1. The number of hydrogen-bond donors (Lipinski definition) is 2. The van der Waals surface area contributed by atoms with Crippen LogP contribution in [0.4, 0.5) is 4.79 Å². The number of rotatable bonds is 6. The second-order valence-electron chi connectivity index (χ2n) is 5.85. The van der Waals surface area contributed by atoms with Crippen molar-refractivity contribution < 1.29 is 14.7 Å². The molecule has 4 nitrogen and oxygen atoms in total. The first-order valence-corrected chi connectivity index (χ1v) is 10.8. The summed E-state index contributed by atoms with van der Waals surface area (Å²) in [6, 6.07) is 17.1. The standard InChI is InChI=1S/C20H15Cl2NO3S2/c21-14-8-6-13(7-9-14)11-27-19-16(22)15(10-12-4-2-1-3-5-12)17(28-19)18(24)23-20(25)26/h1-9H,10-11H2,(H,23,24)(H,25,26). The van der Waals surface area contributed by atoms with Crippen molar-refractivity contribution in [3.05, 3.63) is 86.2 Å². The third-order valence-corrected chi connectivity index (χ3v) is 7.31. The van der Waals surface area contributed by atoms with E-state index in [2.05, 4.69) is 0 Å². The molecular formula is C20H15Cl2NO3S2. The molecule has 0 bridgehead atoms. The lowest BCUT2D eigenvalue weighted by atomic mass is 10.1. The highest BCUT2D eigenvalue weighted by atomic mass is 35.5. The molecule has 0 saturated heterocycles. The van der Waals surface area contributed by atoms with Gasteiger partial charge in [0.2, 0.25) is 0 Å². The van der Waals surface area contributed by atoms with E-state index in [0.717, 1.165) is 15.3 Å². The number of hydrogen-bond acceptors (Lipinski definition) is 4. The molecule has 0 radical (unpaired) electrons. The van der Waals surface area contributed by atoms with Gasteiger partial charge >= 0.3 is 6.09 Å². The Kier molecular flexibility index (Phi) is 7.02. The van der Waals surface area contributed by atoms with Gasteiger partial charge in [0.15, 0.2) is 0 Å². The molecule has 2 aromatic carbocycles. The predicted molar refractivity (Wildman–Crippen MR) is 115 cm³/mol. The van der Waals surface area contributed by atoms with Gasteiger partial charge in [-0.2, -0.15) is 0 Å². The molecule has 0 atom stereocenters. The maximum absolute atomic E-state index is 12.4. The number of carbonyl (C=O) groups is 2. The second kappa shape index (κ2) is 9.47. The van der Waals surface area contributed by atoms with E-state index in [9.17, 15) is 9.59 Å². The number of imide groups is 1. The maximum Gasteiger partial charge on any atom is 0.411 e. The minimum Gasteiger partial charge on any atom is -0.465 e. The Labute approximate surface area is 180 Å². The highest BCUT2D eigenvalue weighted by Gasteiger charge is 2.23. The maximum atomic E-state index is 12.4. The van der Waals surface area contributed by atoms with Gasteiger partial charge in [-0.3, -0.25) is 10.1 Å². The van der Waals surface area contributed by atoms with E-state index in [1.165, 1.54) is 23.1 Å². The smallest absolute Gasteiger partial charge is 0.411 e. The van der Waals surface area contributed by atoms with Crippen molar-refractivity contribution in [2.24, 2.45) is 0 Å². The zero-order valence-electron chi connectivity index (χ0n) is 14.4. The fourth-order valence-electron chi connectivity index (χ4n) is 2.54. The van der Waals surface area contributed by atoms with Gasteiger partial charge in [-0.15, -0.1) is 23.1 Å². The first kappa shape index (κ1) is 20.7. The molecule has 28 heavy (non-hydrogen) atoms. The van der Waals surface area contributed by atoms with Crippen molar-refractivity contribution in [3.8, 4) is 0 Å². The van der Waals surface area contributed by atoms with Crippen molar-refractivity contribution in [3.63, 3.8) is 0 Å². The molecule has 1 heterocycles. The van der Waals surface area contributed by atoms with Crippen LogP contribution in [0.25, 0.3) is 0 Å². The van der Waals surface area contributed by atoms with Crippen molar-refractivity contribution in [1.29, 1.82) is 0 Å². The number of thiophene rings is 1. The van der Waals surface area contributed by atoms with Crippen LogP contribution in [0.5, 0.6) is 0 Å². The number of amides is 2. The zero-order chi connectivity index (χ0) is 20.1. The summed E-state index contributed by atoms with van der Waals surface area (Å²) in [6.07, 6.45) is -0.949. The minimum absolute atomic E-state index is 0.315. The SMILES string of the molecule is O=C(O)NC(=O)c1sc(SCc2ccc(Cl)cc2)c(Cl)c1Cc1ccccc1. The molecule has 3 aromatic rings. The lowest BCUT2D eigenvalue weighted by Gasteiger charge is -2.05. The number of benzene rings is 2. The minimum atomic E-state index is -1.39. The number of thioether (sulfide) groups is 1. The van der Waals surface area contributed by atoms with Crippen molar-refractivity contribution in [2.45, 2.75) is 16.4 Å². The summed E-state index contributed by atoms with van der Waals surface area (Å²) in [4.78, 5) is 23.6. The number of halogens is 2.